The molecule has 2 atom stereocenters. The molecule has 1 spiro atoms. The van der Waals surface area contributed by atoms with Crippen LogP contribution < -0.4 is 14.2 Å². The number of nitrogens with zero attached hydrogens (tertiary/aromatic N) is 1. The van der Waals surface area contributed by atoms with Crippen LogP contribution in [-0.4, -0.2) is 35.8 Å². The summed E-state index contributed by atoms with van der Waals surface area (Å²) in [5.41, 5.74) is -0.313. The van der Waals surface area contributed by atoms with Gasteiger partial charge in [-0.1, -0.05) is 53.5 Å². The highest BCUT2D eigenvalue weighted by molar-refractivity contribution is 6.35. The van der Waals surface area contributed by atoms with E-state index in [0.717, 1.165) is 17.2 Å². The number of Topliss-reactive ketones (excluding diaryl/α,β-unsaturated/α-hetero) is 1. The number of benzene rings is 2. The van der Waals surface area contributed by atoms with Gasteiger partial charge >= 0.3 is 6.36 Å². The van der Waals surface area contributed by atoms with Crippen molar-refractivity contribution >= 4 is 23.1 Å². The number of fused-ring (bicyclic) bond motifs is 1. The lowest BCUT2D eigenvalue weighted by atomic mass is 9.75. The van der Waals surface area contributed by atoms with Crippen LogP contribution >= 0.6 is 11.6 Å². The summed E-state index contributed by atoms with van der Waals surface area (Å²) in [6, 6.07) is 8.32. The third-order valence-electron chi connectivity index (χ3n) is 5.94. The highest BCUT2D eigenvalue weighted by Crippen LogP contribution is 2.55. The fourth-order valence-corrected chi connectivity index (χ4v) is 4.48. The van der Waals surface area contributed by atoms with Gasteiger partial charge in [0.25, 0.3) is 0 Å². The zero-order valence-corrected chi connectivity index (χ0v) is 19.7. The summed E-state index contributed by atoms with van der Waals surface area (Å²) in [5, 5.41) is 12.4. The molecule has 0 bridgehead atoms. The van der Waals surface area contributed by atoms with Crippen LogP contribution in [0.2, 0.25) is 5.02 Å². The first-order valence-corrected chi connectivity index (χ1v) is 10.9. The van der Waals surface area contributed by atoms with E-state index in [1.807, 2.05) is 31.2 Å². The molecule has 11 heteroatoms. The lowest BCUT2D eigenvalue weighted by molar-refractivity contribution is -0.274. The largest absolute Gasteiger partial charge is 0.573 e. The molecule has 0 radical (unpaired) electrons. The lowest BCUT2D eigenvalue weighted by Crippen LogP contribution is -2.51. The zero-order chi connectivity index (χ0) is 25.5. The van der Waals surface area contributed by atoms with E-state index in [2.05, 4.69) is 9.89 Å². The van der Waals surface area contributed by atoms with Crippen molar-refractivity contribution in [2.45, 2.75) is 38.8 Å². The summed E-state index contributed by atoms with van der Waals surface area (Å²) in [5.74, 6) is -2.83. The van der Waals surface area contributed by atoms with Crippen LogP contribution in [0.3, 0.4) is 0 Å². The van der Waals surface area contributed by atoms with Crippen LogP contribution in [0.25, 0.3) is 0 Å². The molecular weight excluding hydrogens is 491 g/mol. The Labute approximate surface area is 203 Å². The molecule has 1 N–H and O–H groups in total. The van der Waals surface area contributed by atoms with E-state index in [0.29, 0.717) is 0 Å². The van der Waals surface area contributed by atoms with Crippen molar-refractivity contribution in [2.24, 2.45) is 11.1 Å². The lowest BCUT2D eigenvalue weighted by Gasteiger charge is -2.37. The second-order valence-corrected chi connectivity index (χ2v) is 8.67. The maximum Gasteiger partial charge on any atom is 0.573 e. The number of carbonyl (C=O) groups is 1. The van der Waals surface area contributed by atoms with E-state index >= 15 is 0 Å². The summed E-state index contributed by atoms with van der Waals surface area (Å²) in [4.78, 5) is 13.8. The number of allylic oxidation sites excluding steroid dienone is 1. The molecule has 2 aromatic carbocycles. The molecule has 0 amide bonds. The van der Waals surface area contributed by atoms with Crippen LogP contribution in [0.15, 0.2) is 47.3 Å². The van der Waals surface area contributed by atoms with Crippen LogP contribution in [0.4, 0.5) is 13.2 Å². The molecule has 0 unspecified atom stereocenters. The quantitative estimate of drug-likeness (QED) is 0.401. The van der Waals surface area contributed by atoms with Crippen LogP contribution in [0.5, 0.6) is 17.2 Å². The third kappa shape index (κ3) is 4.38. The molecule has 0 aromatic heterocycles. The predicted octanol–water partition coefficient (Wildman–Crippen LogP) is 5.84. The summed E-state index contributed by atoms with van der Waals surface area (Å²) in [6.45, 7) is 3.58. The Morgan fingerprint density at radius 1 is 1.26 bits per heavy atom. The minimum absolute atomic E-state index is 0.0231. The van der Waals surface area contributed by atoms with Gasteiger partial charge in [-0.15, -0.1) is 13.2 Å². The highest BCUT2D eigenvalue weighted by Gasteiger charge is 2.60. The standard InChI is InChI=1S/C24H21ClF3NO6/c1-12-4-6-14(7-5-12)11-33-18-9-15(29-31)8-13(2)23(18)22(30)19-16(34-24(26,27)28)10-17(32-3)20(25)21(19)35-23/h4-7,9-10,13,31H,8,11H2,1-3H3/b29-15+/t13-,23+/m1/s1. The summed E-state index contributed by atoms with van der Waals surface area (Å²) in [6.07, 6.45) is -3.66. The average molecular weight is 512 g/mol. The molecule has 1 heterocycles. The molecule has 186 valence electrons. The number of oxime groups is 1. The molecular formula is C24H21ClF3NO6. The molecule has 0 fully saturated rings. The van der Waals surface area contributed by atoms with Crippen molar-refractivity contribution in [1.82, 2.24) is 0 Å². The van der Waals surface area contributed by atoms with Crippen molar-refractivity contribution in [3.05, 3.63) is 63.9 Å². The Morgan fingerprint density at radius 3 is 2.54 bits per heavy atom. The van der Waals surface area contributed by atoms with Gasteiger partial charge in [-0.3, -0.25) is 4.79 Å². The second kappa shape index (κ2) is 8.99. The number of hydrogen-bond donors (Lipinski definition) is 1. The summed E-state index contributed by atoms with van der Waals surface area (Å²) in [7, 11) is 1.21. The maximum atomic E-state index is 13.8. The molecule has 1 aliphatic heterocycles. The van der Waals surface area contributed by atoms with Crippen molar-refractivity contribution in [2.75, 3.05) is 7.11 Å². The van der Waals surface area contributed by atoms with Gasteiger partial charge in [-0.2, -0.15) is 0 Å². The first-order chi connectivity index (χ1) is 16.5. The van der Waals surface area contributed by atoms with E-state index in [-0.39, 0.29) is 41.0 Å². The van der Waals surface area contributed by atoms with Crippen molar-refractivity contribution in [3.63, 3.8) is 0 Å². The summed E-state index contributed by atoms with van der Waals surface area (Å²) < 4.78 is 60.7. The van der Waals surface area contributed by atoms with Crippen LogP contribution in [-0.2, 0) is 11.3 Å². The Kier molecular flexibility index (Phi) is 6.35. The molecule has 0 saturated heterocycles. The number of ether oxygens (including phenoxy) is 4. The third-order valence-corrected chi connectivity index (χ3v) is 6.30. The smallest absolute Gasteiger partial charge is 0.495 e. The first-order valence-electron chi connectivity index (χ1n) is 10.5. The Bertz CT molecular complexity index is 1230. The topological polar surface area (TPSA) is 86.6 Å². The van der Waals surface area contributed by atoms with E-state index in [1.165, 1.54) is 13.2 Å². The SMILES string of the molecule is COc1cc(OC(F)(F)F)c2c(c1Cl)O[C@]1(C2=O)C(OCc2ccc(C)cc2)=C/C(=N/O)C[C@H]1C. The number of rotatable bonds is 5. The Morgan fingerprint density at radius 2 is 1.94 bits per heavy atom. The first kappa shape index (κ1) is 24.7. The van der Waals surface area contributed by atoms with Crippen LogP contribution in [0.1, 0.15) is 34.8 Å². The number of alkyl halides is 3. The van der Waals surface area contributed by atoms with Gasteiger partial charge < -0.3 is 24.2 Å². The molecule has 4 rings (SSSR count). The summed E-state index contributed by atoms with van der Waals surface area (Å²) >= 11 is 6.34. The number of methoxy groups -OCH3 is 1. The minimum atomic E-state index is -5.09. The number of halogens is 4. The van der Waals surface area contributed by atoms with Gasteiger partial charge in [0.1, 0.15) is 28.7 Å². The number of hydrogen-bond acceptors (Lipinski definition) is 7. The average Bonchev–Trinajstić information content (AvgIpc) is 3.11. The highest BCUT2D eigenvalue weighted by atomic mass is 35.5. The molecule has 1 aliphatic carbocycles. The molecule has 0 saturated carbocycles. The molecule has 35 heavy (non-hydrogen) atoms. The van der Waals surface area contributed by atoms with Crippen LogP contribution in [0, 0.1) is 12.8 Å². The minimum Gasteiger partial charge on any atom is -0.495 e. The van der Waals surface area contributed by atoms with Crippen molar-refractivity contribution < 1.29 is 42.1 Å². The molecule has 2 aromatic rings. The van der Waals surface area contributed by atoms with Gasteiger partial charge in [0, 0.05) is 24.5 Å². The van der Waals surface area contributed by atoms with Gasteiger partial charge in [0.15, 0.2) is 11.5 Å². The van der Waals surface area contributed by atoms with E-state index < -0.39 is 35.0 Å². The molecule has 7 nitrogen and oxygen atoms in total. The van der Waals surface area contributed by atoms with E-state index in [9.17, 15) is 23.2 Å². The van der Waals surface area contributed by atoms with E-state index in [4.69, 9.17) is 25.8 Å². The molecule has 2 aliphatic rings. The van der Waals surface area contributed by atoms with Gasteiger partial charge in [-0.05, 0) is 12.5 Å². The monoisotopic (exact) mass is 511 g/mol. The Hall–Kier alpha value is -3.40. The fraction of sp³-hybridized carbons (Fsp3) is 0.333. The maximum absolute atomic E-state index is 13.8. The fourth-order valence-electron chi connectivity index (χ4n) is 4.21. The predicted molar refractivity (Wildman–Crippen MR) is 119 cm³/mol. The number of carbonyl (C=O) groups excluding carboxylic acids is 1. The zero-order valence-electron chi connectivity index (χ0n) is 18.9. The Balaban J connectivity index is 1.82. The number of aryl methyl sites for hydroxylation is 1. The normalized spacial score (nSPS) is 22.6. The van der Waals surface area contributed by atoms with Crippen molar-refractivity contribution in [1.29, 1.82) is 0 Å². The van der Waals surface area contributed by atoms with Gasteiger partial charge in [0.2, 0.25) is 11.4 Å². The van der Waals surface area contributed by atoms with Gasteiger partial charge in [-0.25, -0.2) is 0 Å². The van der Waals surface area contributed by atoms with E-state index in [1.54, 1.807) is 6.92 Å². The van der Waals surface area contributed by atoms with Gasteiger partial charge in [0.05, 0.1) is 12.8 Å². The van der Waals surface area contributed by atoms with Crippen molar-refractivity contribution in [3.8, 4) is 17.2 Å². The number of ketones is 1. The second-order valence-electron chi connectivity index (χ2n) is 8.29.